The highest BCUT2D eigenvalue weighted by Crippen LogP contribution is 2.25. The molecule has 0 saturated heterocycles. The minimum atomic E-state index is -0.458. The topological polar surface area (TPSA) is 55.4 Å². The van der Waals surface area contributed by atoms with Crippen LogP contribution in [0.2, 0.25) is 10.0 Å². The minimum absolute atomic E-state index is 0.0208. The molecule has 0 bridgehead atoms. The highest BCUT2D eigenvalue weighted by atomic mass is 35.5. The quantitative estimate of drug-likeness (QED) is 0.756. The summed E-state index contributed by atoms with van der Waals surface area (Å²) in [5.74, 6) is -0.865. The Labute approximate surface area is 150 Å². The average molecular weight is 366 g/mol. The maximum absolute atomic E-state index is 11.8. The van der Waals surface area contributed by atoms with Gasteiger partial charge in [0.1, 0.15) is 0 Å². The summed E-state index contributed by atoms with van der Waals surface area (Å²) >= 11 is 11.8. The Morgan fingerprint density at radius 3 is 2.50 bits per heavy atom. The third-order valence-corrected chi connectivity index (χ3v) is 3.96. The molecule has 1 atom stereocenters. The van der Waals surface area contributed by atoms with Gasteiger partial charge in [-0.05, 0) is 29.7 Å². The number of amides is 1. The van der Waals surface area contributed by atoms with Crippen molar-refractivity contribution in [2.24, 2.45) is 0 Å². The first kappa shape index (κ1) is 18.3. The van der Waals surface area contributed by atoms with Crippen LogP contribution in [0.15, 0.2) is 48.5 Å². The van der Waals surface area contributed by atoms with Crippen molar-refractivity contribution in [1.82, 2.24) is 0 Å². The molecule has 0 radical (unpaired) electrons. The van der Waals surface area contributed by atoms with E-state index < -0.39 is 11.9 Å². The van der Waals surface area contributed by atoms with Gasteiger partial charge in [0.05, 0.1) is 17.1 Å². The molecule has 0 saturated carbocycles. The molecule has 0 fully saturated rings. The molecule has 2 rings (SSSR count). The monoisotopic (exact) mass is 365 g/mol. The van der Waals surface area contributed by atoms with Crippen molar-refractivity contribution in [3.05, 3.63) is 64.1 Å². The number of ether oxygens (including phenoxy) is 1. The summed E-state index contributed by atoms with van der Waals surface area (Å²) in [7, 11) is 0. The standard InChI is InChI=1S/C18H17Cl2NO3/c1-12(13-5-3-2-4-6-13)9-18(23)24-11-17(22)21-16-8-7-14(19)10-15(16)20/h2-8,10,12H,9,11H2,1H3,(H,21,22)/t12-/m0/s1. The predicted octanol–water partition coefficient (Wildman–Crippen LogP) is 4.67. The number of hydrogen-bond donors (Lipinski definition) is 1. The van der Waals surface area contributed by atoms with E-state index in [9.17, 15) is 9.59 Å². The van der Waals surface area contributed by atoms with Gasteiger partial charge in [0, 0.05) is 5.02 Å². The molecule has 1 amide bonds. The first-order valence-corrected chi connectivity index (χ1v) is 8.17. The molecule has 2 aromatic rings. The Morgan fingerprint density at radius 1 is 1.12 bits per heavy atom. The van der Waals surface area contributed by atoms with Crippen LogP contribution in [0, 0.1) is 0 Å². The normalized spacial score (nSPS) is 11.6. The van der Waals surface area contributed by atoms with Crippen LogP contribution < -0.4 is 5.32 Å². The van der Waals surface area contributed by atoms with Crippen molar-refractivity contribution >= 4 is 40.8 Å². The zero-order valence-corrected chi connectivity index (χ0v) is 14.6. The summed E-state index contributed by atoms with van der Waals surface area (Å²) in [6, 6.07) is 14.4. The number of halogens is 2. The summed E-state index contributed by atoms with van der Waals surface area (Å²) in [5.41, 5.74) is 1.46. The van der Waals surface area contributed by atoms with E-state index in [4.69, 9.17) is 27.9 Å². The average Bonchev–Trinajstić information content (AvgIpc) is 2.56. The smallest absolute Gasteiger partial charge is 0.306 e. The highest BCUT2D eigenvalue weighted by Gasteiger charge is 2.14. The molecule has 6 heteroatoms. The second-order valence-electron chi connectivity index (χ2n) is 5.35. The van der Waals surface area contributed by atoms with Crippen molar-refractivity contribution in [3.8, 4) is 0 Å². The highest BCUT2D eigenvalue weighted by molar-refractivity contribution is 6.36. The summed E-state index contributed by atoms with van der Waals surface area (Å²) in [5, 5.41) is 3.36. The number of benzene rings is 2. The summed E-state index contributed by atoms with van der Waals surface area (Å²) in [6.45, 7) is 1.57. The third kappa shape index (κ3) is 5.55. The van der Waals surface area contributed by atoms with Crippen LogP contribution in [0.5, 0.6) is 0 Å². The molecule has 1 N–H and O–H groups in total. The molecule has 0 aliphatic heterocycles. The molecule has 0 aliphatic rings. The van der Waals surface area contributed by atoms with E-state index >= 15 is 0 Å². The van der Waals surface area contributed by atoms with Gasteiger partial charge in [0.2, 0.25) is 0 Å². The van der Waals surface area contributed by atoms with E-state index in [0.717, 1.165) is 5.56 Å². The summed E-state index contributed by atoms with van der Waals surface area (Å²) < 4.78 is 5.01. The van der Waals surface area contributed by atoms with Gasteiger partial charge in [-0.2, -0.15) is 0 Å². The van der Waals surface area contributed by atoms with E-state index in [0.29, 0.717) is 15.7 Å². The Hall–Kier alpha value is -2.04. The van der Waals surface area contributed by atoms with Crippen LogP contribution in [-0.2, 0) is 14.3 Å². The van der Waals surface area contributed by atoms with Crippen LogP contribution >= 0.6 is 23.2 Å². The first-order chi connectivity index (χ1) is 11.5. The largest absolute Gasteiger partial charge is 0.456 e. The summed E-state index contributed by atoms with van der Waals surface area (Å²) in [6.07, 6.45) is 0.207. The van der Waals surface area contributed by atoms with Crippen LogP contribution in [0.25, 0.3) is 0 Å². The molecule has 24 heavy (non-hydrogen) atoms. The Morgan fingerprint density at radius 2 is 1.83 bits per heavy atom. The molecule has 126 valence electrons. The van der Waals surface area contributed by atoms with E-state index in [-0.39, 0.29) is 18.9 Å². The van der Waals surface area contributed by atoms with Gasteiger partial charge in [-0.25, -0.2) is 0 Å². The lowest BCUT2D eigenvalue weighted by Crippen LogP contribution is -2.21. The number of carbonyl (C=O) groups excluding carboxylic acids is 2. The van der Waals surface area contributed by atoms with Crippen LogP contribution in [0.1, 0.15) is 24.8 Å². The zero-order valence-electron chi connectivity index (χ0n) is 13.1. The van der Waals surface area contributed by atoms with Gasteiger partial charge in [-0.15, -0.1) is 0 Å². The molecule has 0 spiro atoms. The molecule has 2 aromatic carbocycles. The van der Waals surface area contributed by atoms with E-state index in [1.165, 1.54) is 6.07 Å². The van der Waals surface area contributed by atoms with Gasteiger partial charge in [0.25, 0.3) is 5.91 Å². The summed E-state index contributed by atoms with van der Waals surface area (Å²) in [4.78, 5) is 23.7. The van der Waals surface area contributed by atoms with Gasteiger partial charge in [0.15, 0.2) is 6.61 Å². The lowest BCUT2D eigenvalue weighted by Gasteiger charge is -2.12. The molecular formula is C18H17Cl2NO3. The van der Waals surface area contributed by atoms with Gasteiger partial charge in [-0.1, -0.05) is 60.5 Å². The van der Waals surface area contributed by atoms with E-state index in [1.807, 2.05) is 37.3 Å². The maximum atomic E-state index is 11.8. The third-order valence-electron chi connectivity index (χ3n) is 3.41. The Kier molecular flexibility index (Phi) is 6.64. The van der Waals surface area contributed by atoms with Crippen LogP contribution in [0.3, 0.4) is 0 Å². The number of nitrogens with one attached hydrogen (secondary N) is 1. The molecule has 0 heterocycles. The zero-order chi connectivity index (χ0) is 17.5. The molecule has 4 nitrogen and oxygen atoms in total. The second kappa shape index (κ2) is 8.71. The number of carbonyl (C=O) groups is 2. The second-order valence-corrected chi connectivity index (χ2v) is 6.19. The number of anilines is 1. The fourth-order valence-electron chi connectivity index (χ4n) is 2.13. The van der Waals surface area contributed by atoms with Crippen molar-refractivity contribution in [2.45, 2.75) is 19.3 Å². The molecule has 0 unspecified atom stereocenters. The minimum Gasteiger partial charge on any atom is -0.456 e. The van der Waals surface area contributed by atoms with Crippen molar-refractivity contribution < 1.29 is 14.3 Å². The number of rotatable bonds is 6. The van der Waals surface area contributed by atoms with Gasteiger partial charge < -0.3 is 10.1 Å². The molecular weight excluding hydrogens is 349 g/mol. The molecule has 0 aliphatic carbocycles. The van der Waals surface area contributed by atoms with Gasteiger partial charge in [-0.3, -0.25) is 9.59 Å². The number of hydrogen-bond acceptors (Lipinski definition) is 3. The SMILES string of the molecule is C[C@@H](CC(=O)OCC(=O)Nc1ccc(Cl)cc1Cl)c1ccccc1. The Bertz CT molecular complexity index is 719. The first-order valence-electron chi connectivity index (χ1n) is 7.41. The predicted molar refractivity (Wildman–Crippen MR) is 95.5 cm³/mol. The lowest BCUT2D eigenvalue weighted by molar-refractivity contribution is -0.147. The van der Waals surface area contributed by atoms with Crippen molar-refractivity contribution in [2.75, 3.05) is 11.9 Å². The number of esters is 1. The van der Waals surface area contributed by atoms with Gasteiger partial charge >= 0.3 is 5.97 Å². The van der Waals surface area contributed by atoms with E-state index in [2.05, 4.69) is 5.32 Å². The Balaban J connectivity index is 1.80. The van der Waals surface area contributed by atoms with Crippen LogP contribution in [-0.4, -0.2) is 18.5 Å². The fourth-order valence-corrected chi connectivity index (χ4v) is 2.59. The maximum Gasteiger partial charge on any atom is 0.306 e. The van der Waals surface area contributed by atoms with Crippen LogP contribution in [0.4, 0.5) is 5.69 Å². The van der Waals surface area contributed by atoms with Crippen molar-refractivity contribution in [1.29, 1.82) is 0 Å². The fraction of sp³-hybridized carbons (Fsp3) is 0.222. The lowest BCUT2D eigenvalue weighted by atomic mass is 9.98. The van der Waals surface area contributed by atoms with E-state index in [1.54, 1.807) is 12.1 Å². The molecule has 0 aromatic heterocycles. The van der Waals surface area contributed by atoms with Crippen molar-refractivity contribution in [3.63, 3.8) is 0 Å².